The summed E-state index contributed by atoms with van der Waals surface area (Å²) < 4.78 is 0. The van der Waals surface area contributed by atoms with Gasteiger partial charge in [-0.3, -0.25) is 0 Å². The van der Waals surface area contributed by atoms with Crippen molar-refractivity contribution < 1.29 is 4.79 Å². The van der Waals surface area contributed by atoms with Crippen LogP contribution in [0.5, 0.6) is 0 Å². The molecule has 0 saturated heterocycles. The highest BCUT2D eigenvalue weighted by atomic mass is 35.5. The maximum Gasteiger partial charge on any atom is 0.317 e. The number of nitrogens with one attached hydrogen (secondary N) is 1. The lowest BCUT2D eigenvalue weighted by molar-refractivity contribution is 0.201. The van der Waals surface area contributed by atoms with Crippen LogP contribution in [0.2, 0.25) is 5.02 Å². The fraction of sp³-hybridized carbons (Fsp3) is 0.350. The largest absolute Gasteiger partial charge is 0.331 e. The van der Waals surface area contributed by atoms with E-state index in [1.807, 2.05) is 43.4 Å². The molecule has 0 aromatic heterocycles. The number of nitrogens with zero attached hydrogens (tertiary/aromatic N) is 1. The van der Waals surface area contributed by atoms with E-state index in [4.69, 9.17) is 11.6 Å². The van der Waals surface area contributed by atoms with Crippen molar-refractivity contribution in [2.45, 2.75) is 32.4 Å². The molecule has 1 aliphatic carbocycles. The fourth-order valence-corrected chi connectivity index (χ4v) is 3.06. The molecule has 0 bridgehead atoms. The first-order valence-electron chi connectivity index (χ1n) is 8.36. The molecule has 1 aliphatic rings. The number of aryl methyl sites for hydroxylation is 1. The van der Waals surface area contributed by atoms with Crippen molar-refractivity contribution in [1.82, 2.24) is 10.2 Å². The van der Waals surface area contributed by atoms with Gasteiger partial charge in [0.2, 0.25) is 0 Å². The van der Waals surface area contributed by atoms with Gasteiger partial charge in [0.25, 0.3) is 0 Å². The molecule has 2 aromatic rings. The summed E-state index contributed by atoms with van der Waals surface area (Å²) in [7, 11) is 1.84. The molecule has 2 amide bonds. The first kappa shape index (κ1) is 16.8. The second kappa shape index (κ2) is 7.27. The van der Waals surface area contributed by atoms with Crippen LogP contribution >= 0.6 is 11.6 Å². The molecule has 0 radical (unpaired) electrons. The van der Waals surface area contributed by atoms with Crippen molar-refractivity contribution in [3.05, 3.63) is 70.2 Å². The van der Waals surface area contributed by atoms with E-state index in [9.17, 15) is 4.79 Å². The Labute approximate surface area is 148 Å². The van der Waals surface area contributed by atoms with Gasteiger partial charge in [-0.2, -0.15) is 0 Å². The maximum absolute atomic E-state index is 12.6. The van der Waals surface area contributed by atoms with E-state index in [0.717, 1.165) is 23.4 Å². The fourth-order valence-electron chi connectivity index (χ4n) is 2.93. The van der Waals surface area contributed by atoms with Crippen LogP contribution in [0, 0.1) is 12.8 Å². The number of benzene rings is 2. The van der Waals surface area contributed by atoms with E-state index in [1.165, 1.54) is 11.1 Å². The van der Waals surface area contributed by atoms with Crippen LogP contribution in [0.1, 0.15) is 35.6 Å². The molecule has 0 heterocycles. The Hall–Kier alpha value is -2.00. The topological polar surface area (TPSA) is 32.3 Å². The van der Waals surface area contributed by atoms with Gasteiger partial charge in [0, 0.05) is 18.6 Å². The van der Waals surface area contributed by atoms with E-state index in [0.29, 0.717) is 12.5 Å². The quantitative estimate of drug-likeness (QED) is 0.820. The average molecular weight is 343 g/mol. The van der Waals surface area contributed by atoms with E-state index in [-0.39, 0.29) is 12.1 Å². The first-order chi connectivity index (χ1) is 11.5. The maximum atomic E-state index is 12.6. The lowest BCUT2D eigenvalue weighted by atomic mass is 10.0. The highest BCUT2D eigenvalue weighted by Crippen LogP contribution is 2.41. The molecule has 2 aromatic carbocycles. The molecule has 1 saturated carbocycles. The molecule has 3 rings (SSSR count). The molecule has 4 heteroatoms. The van der Waals surface area contributed by atoms with Crippen molar-refractivity contribution in [1.29, 1.82) is 0 Å². The standard InChI is InChI=1S/C20H23ClN2O/c1-14-5-3-4-6-17(14)13-23(2)20(24)22-19(15-7-8-15)16-9-11-18(21)12-10-16/h3-6,9-12,15,19H,7-8,13H2,1-2H3,(H,22,24)/t19-/m1/s1. The van der Waals surface area contributed by atoms with Crippen LogP contribution < -0.4 is 5.32 Å². The number of hydrogen-bond acceptors (Lipinski definition) is 1. The summed E-state index contributed by atoms with van der Waals surface area (Å²) in [6.07, 6.45) is 2.32. The smallest absolute Gasteiger partial charge is 0.317 e. The number of amides is 2. The Morgan fingerprint density at radius 1 is 1.21 bits per heavy atom. The Morgan fingerprint density at radius 2 is 1.88 bits per heavy atom. The van der Waals surface area contributed by atoms with Gasteiger partial charge < -0.3 is 10.2 Å². The van der Waals surface area contributed by atoms with Gasteiger partial charge in [-0.15, -0.1) is 0 Å². The van der Waals surface area contributed by atoms with Gasteiger partial charge in [-0.1, -0.05) is 48.0 Å². The normalized spacial score (nSPS) is 15.0. The summed E-state index contributed by atoms with van der Waals surface area (Å²) in [6.45, 7) is 2.68. The van der Waals surface area contributed by atoms with Crippen molar-refractivity contribution in [3.63, 3.8) is 0 Å². The number of hydrogen-bond donors (Lipinski definition) is 1. The Morgan fingerprint density at radius 3 is 2.50 bits per heavy atom. The molecule has 3 nitrogen and oxygen atoms in total. The molecular formula is C20H23ClN2O. The van der Waals surface area contributed by atoms with Crippen molar-refractivity contribution in [2.75, 3.05) is 7.05 Å². The van der Waals surface area contributed by atoms with E-state index in [1.54, 1.807) is 4.90 Å². The molecule has 24 heavy (non-hydrogen) atoms. The third-order valence-corrected chi connectivity index (χ3v) is 4.87. The Kier molecular flexibility index (Phi) is 5.10. The summed E-state index contributed by atoms with van der Waals surface area (Å²) in [6, 6.07) is 16.0. The number of halogens is 1. The van der Waals surface area contributed by atoms with Crippen LogP contribution in [0.4, 0.5) is 4.79 Å². The SMILES string of the molecule is Cc1ccccc1CN(C)C(=O)N[C@@H](c1ccc(Cl)cc1)C1CC1. The van der Waals surface area contributed by atoms with Crippen molar-refractivity contribution >= 4 is 17.6 Å². The van der Waals surface area contributed by atoms with Gasteiger partial charge in [0.1, 0.15) is 0 Å². The van der Waals surface area contributed by atoms with Crippen LogP contribution in [0.3, 0.4) is 0 Å². The summed E-state index contributed by atoms with van der Waals surface area (Å²) in [5.74, 6) is 0.530. The molecule has 126 valence electrons. The number of carbonyl (C=O) groups excluding carboxylic acids is 1. The molecular weight excluding hydrogens is 320 g/mol. The molecule has 0 spiro atoms. The lowest BCUT2D eigenvalue weighted by Gasteiger charge is -2.24. The predicted molar refractivity (Wildman–Crippen MR) is 98.1 cm³/mol. The molecule has 1 fully saturated rings. The molecule has 0 aliphatic heterocycles. The predicted octanol–water partition coefficient (Wildman–Crippen LogP) is 4.94. The van der Waals surface area contributed by atoms with Gasteiger partial charge in [-0.25, -0.2) is 4.79 Å². The lowest BCUT2D eigenvalue weighted by Crippen LogP contribution is -2.39. The Balaban J connectivity index is 1.67. The third kappa shape index (κ3) is 4.09. The second-order valence-corrected chi connectivity index (χ2v) is 7.04. The van der Waals surface area contributed by atoms with E-state index in [2.05, 4.69) is 24.4 Å². The zero-order valence-corrected chi connectivity index (χ0v) is 14.9. The summed E-state index contributed by atoms with van der Waals surface area (Å²) >= 11 is 5.98. The zero-order valence-electron chi connectivity index (χ0n) is 14.1. The minimum atomic E-state index is -0.0369. The summed E-state index contributed by atoms with van der Waals surface area (Å²) in [5.41, 5.74) is 3.50. The van der Waals surface area contributed by atoms with Gasteiger partial charge in [-0.05, 0) is 54.5 Å². The van der Waals surface area contributed by atoms with Crippen LogP contribution in [0.15, 0.2) is 48.5 Å². The van der Waals surface area contributed by atoms with Gasteiger partial charge in [0.15, 0.2) is 0 Å². The third-order valence-electron chi connectivity index (χ3n) is 4.62. The van der Waals surface area contributed by atoms with Crippen molar-refractivity contribution in [3.8, 4) is 0 Å². The minimum absolute atomic E-state index is 0.0369. The monoisotopic (exact) mass is 342 g/mol. The van der Waals surface area contributed by atoms with E-state index >= 15 is 0 Å². The molecule has 0 unspecified atom stereocenters. The van der Waals surface area contributed by atoms with Crippen LogP contribution in [-0.4, -0.2) is 18.0 Å². The average Bonchev–Trinajstić information content (AvgIpc) is 3.40. The molecule has 1 N–H and O–H groups in total. The summed E-state index contributed by atoms with van der Waals surface area (Å²) in [4.78, 5) is 14.4. The van der Waals surface area contributed by atoms with Gasteiger partial charge >= 0.3 is 6.03 Å². The molecule has 1 atom stereocenters. The van der Waals surface area contributed by atoms with E-state index < -0.39 is 0 Å². The minimum Gasteiger partial charge on any atom is -0.331 e. The summed E-state index contributed by atoms with van der Waals surface area (Å²) in [5, 5.41) is 3.92. The number of urea groups is 1. The number of rotatable bonds is 5. The highest BCUT2D eigenvalue weighted by Gasteiger charge is 2.34. The Bertz CT molecular complexity index is 710. The van der Waals surface area contributed by atoms with Gasteiger partial charge in [0.05, 0.1) is 6.04 Å². The van der Waals surface area contributed by atoms with Crippen LogP contribution in [-0.2, 0) is 6.54 Å². The van der Waals surface area contributed by atoms with Crippen molar-refractivity contribution in [2.24, 2.45) is 5.92 Å². The zero-order chi connectivity index (χ0) is 17.1. The first-order valence-corrected chi connectivity index (χ1v) is 8.74. The number of carbonyl (C=O) groups is 1. The second-order valence-electron chi connectivity index (χ2n) is 6.60. The highest BCUT2D eigenvalue weighted by molar-refractivity contribution is 6.30. The van der Waals surface area contributed by atoms with Crippen LogP contribution in [0.25, 0.3) is 0 Å².